The molecule has 1 saturated carbocycles. The lowest BCUT2D eigenvalue weighted by atomic mass is 9.54. The number of hydrogen-bond donors (Lipinski definition) is 2. The summed E-state index contributed by atoms with van der Waals surface area (Å²) >= 11 is 0. The number of aryl methyl sites for hydroxylation is 1. The van der Waals surface area contributed by atoms with Gasteiger partial charge in [0.2, 0.25) is 0 Å². The number of aliphatic carboxylic acids is 1. The molecule has 0 spiro atoms. The molecule has 2 unspecified atom stereocenters. The number of hydrogen-bond acceptors (Lipinski definition) is 4. The van der Waals surface area contributed by atoms with Crippen LogP contribution >= 0.6 is 0 Å². The van der Waals surface area contributed by atoms with Gasteiger partial charge in [-0.05, 0) is 18.9 Å². The zero-order chi connectivity index (χ0) is 18.3. The van der Waals surface area contributed by atoms with Gasteiger partial charge in [-0.3, -0.25) is 9.48 Å². The summed E-state index contributed by atoms with van der Waals surface area (Å²) in [6.45, 7) is 10.0. The number of aromatic nitrogens is 2. The lowest BCUT2D eigenvalue weighted by Crippen LogP contribution is -2.76. The van der Waals surface area contributed by atoms with Crippen molar-refractivity contribution in [3.8, 4) is 0 Å². The lowest BCUT2D eigenvalue weighted by molar-refractivity contribution is -0.190. The third-order valence-corrected chi connectivity index (χ3v) is 5.20. The number of nitrogens with one attached hydrogen (secondary N) is 1. The molecule has 0 bridgehead atoms. The lowest BCUT2D eigenvalue weighted by Gasteiger charge is -2.58. The zero-order valence-corrected chi connectivity index (χ0v) is 15.2. The fourth-order valence-corrected chi connectivity index (χ4v) is 3.43. The summed E-state index contributed by atoms with van der Waals surface area (Å²) in [6.07, 6.45) is 0.0487. The maximum Gasteiger partial charge on any atom is 0.330 e. The first-order chi connectivity index (χ1) is 11.1. The number of carbonyl (C=O) groups excluding carboxylic acids is 1. The number of rotatable bonds is 6. The van der Waals surface area contributed by atoms with E-state index in [1.807, 2.05) is 34.6 Å². The average molecular weight is 337 g/mol. The van der Waals surface area contributed by atoms with Gasteiger partial charge in [-0.25, -0.2) is 4.79 Å². The van der Waals surface area contributed by atoms with Crippen LogP contribution in [0.15, 0.2) is 6.07 Å². The van der Waals surface area contributed by atoms with Crippen molar-refractivity contribution in [2.45, 2.75) is 58.6 Å². The highest BCUT2D eigenvalue weighted by molar-refractivity contribution is 5.97. The third kappa shape index (κ3) is 2.70. The Morgan fingerprint density at radius 2 is 2.12 bits per heavy atom. The van der Waals surface area contributed by atoms with Gasteiger partial charge in [-0.15, -0.1) is 0 Å². The van der Waals surface area contributed by atoms with Gasteiger partial charge in [0.15, 0.2) is 0 Å². The second kappa shape index (κ2) is 6.20. The second-order valence-electron chi connectivity index (χ2n) is 7.27. The molecule has 1 amide bonds. The van der Waals surface area contributed by atoms with Gasteiger partial charge in [-0.2, -0.15) is 5.10 Å². The van der Waals surface area contributed by atoms with Crippen LogP contribution in [0.3, 0.4) is 0 Å². The predicted octanol–water partition coefficient (Wildman–Crippen LogP) is 1.93. The Hall–Kier alpha value is -1.89. The monoisotopic (exact) mass is 337 g/mol. The quantitative estimate of drug-likeness (QED) is 0.827. The molecule has 0 radical (unpaired) electrons. The van der Waals surface area contributed by atoms with Crippen LogP contribution < -0.4 is 5.32 Å². The topological polar surface area (TPSA) is 93.5 Å². The van der Waals surface area contributed by atoms with Crippen molar-refractivity contribution in [3.63, 3.8) is 0 Å². The molecule has 1 heterocycles. The first kappa shape index (κ1) is 18.4. The molecule has 1 aromatic heterocycles. The third-order valence-electron chi connectivity index (χ3n) is 5.20. The zero-order valence-electron chi connectivity index (χ0n) is 15.2. The summed E-state index contributed by atoms with van der Waals surface area (Å²) in [5.41, 5.74) is -0.901. The van der Waals surface area contributed by atoms with E-state index in [0.29, 0.717) is 6.61 Å². The Morgan fingerprint density at radius 3 is 2.54 bits per heavy atom. The number of carbonyl (C=O) groups is 2. The predicted molar refractivity (Wildman–Crippen MR) is 88.9 cm³/mol. The van der Waals surface area contributed by atoms with E-state index < -0.39 is 22.8 Å². The minimum absolute atomic E-state index is 0.200. The normalized spacial score (nSPS) is 25.4. The van der Waals surface area contributed by atoms with Crippen LogP contribution in [0.1, 0.15) is 63.1 Å². The first-order valence-electron chi connectivity index (χ1n) is 8.28. The largest absolute Gasteiger partial charge is 0.479 e. The van der Waals surface area contributed by atoms with Crippen molar-refractivity contribution in [1.29, 1.82) is 0 Å². The maximum atomic E-state index is 12.6. The number of nitrogens with zero attached hydrogens (tertiary/aromatic N) is 2. The molecule has 7 heteroatoms. The van der Waals surface area contributed by atoms with Crippen LogP contribution in [0.5, 0.6) is 0 Å². The molecule has 134 valence electrons. The summed E-state index contributed by atoms with van der Waals surface area (Å²) < 4.78 is 7.26. The molecule has 2 N–H and O–H groups in total. The summed E-state index contributed by atoms with van der Waals surface area (Å²) in [4.78, 5) is 24.5. The first-order valence-corrected chi connectivity index (χ1v) is 8.28. The Kier molecular flexibility index (Phi) is 4.77. The Balaban J connectivity index is 2.25. The van der Waals surface area contributed by atoms with Gasteiger partial charge in [0.1, 0.15) is 11.2 Å². The number of amides is 1. The SMILES string of the molecule is CCOC1CC(NC(=O)c2cc(C(C)C)n(C)n2)(C(=O)O)C1(C)C. The highest BCUT2D eigenvalue weighted by Gasteiger charge is 2.66. The van der Waals surface area contributed by atoms with Gasteiger partial charge in [0.05, 0.1) is 6.10 Å². The van der Waals surface area contributed by atoms with Gasteiger partial charge in [0.25, 0.3) is 5.91 Å². The molecular formula is C17H27N3O4. The second-order valence-corrected chi connectivity index (χ2v) is 7.27. The Morgan fingerprint density at radius 1 is 1.50 bits per heavy atom. The number of ether oxygens (including phenoxy) is 1. The summed E-state index contributed by atoms with van der Waals surface area (Å²) in [5, 5.41) is 16.7. The van der Waals surface area contributed by atoms with Crippen LogP contribution in [0.25, 0.3) is 0 Å². The van der Waals surface area contributed by atoms with E-state index in [9.17, 15) is 14.7 Å². The van der Waals surface area contributed by atoms with E-state index in [1.54, 1.807) is 17.8 Å². The minimum Gasteiger partial charge on any atom is -0.479 e. The summed E-state index contributed by atoms with van der Waals surface area (Å²) in [7, 11) is 1.78. The standard InChI is InChI=1S/C17H27N3O4/c1-7-24-13-9-17(15(22)23,16(13,4)5)18-14(21)11-8-12(10(2)3)20(6)19-11/h8,10,13H,7,9H2,1-6H3,(H,18,21)(H,22,23). The summed E-state index contributed by atoms with van der Waals surface area (Å²) in [5.74, 6) is -1.29. The molecule has 24 heavy (non-hydrogen) atoms. The molecule has 2 atom stereocenters. The molecule has 2 rings (SSSR count). The molecule has 1 aromatic rings. The Bertz CT molecular complexity index is 650. The van der Waals surface area contributed by atoms with Gasteiger partial charge in [-0.1, -0.05) is 27.7 Å². The number of carboxylic acids is 1. The van der Waals surface area contributed by atoms with Crippen molar-refractivity contribution in [1.82, 2.24) is 15.1 Å². The van der Waals surface area contributed by atoms with Gasteiger partial charge in [0, 0.05) is 31.2 Å². The van der Waals surface area contributed by atoms with Crippen LogP contribution in [0.4, 0.5) is 0 Å². The van der Waals surface area contributed by atoms with E-state index in [4.69, 9.17) is 4.74 Å². The highest BCUT2D eigenvalue weighted by atomic mass is 16.5. The van der Waals surface area contributed by atoms with E-state index in [-0.39, 0.29) is 24.1 Å². The molecule has 1 aliphatic rings. The number of carboxylic acid groups (broad SMARTS) is 1. The fourth-order valence-electron chi connectivity index (χ4n) is 3.43. The average Bonchev–Trinajstić information content (AvgIpc) is 2.87. The smallest absolute Gasteiger partial charge is 0.330 e. The van der Waals surface area contributed by atoms with Crippen molar-refractivity contribution < 1.29 is 19.4 Å². The molecule has 7 nitrogen and oxygen atoms in total. The molecular weight excluding hydrogens is 310 g/mol. The molecule has 0 aliphatic heterocycles. The van der Waals surface area contributed by atoms with Crippen molar-refractivity contribution >= 4 is 11.9 Å². The van der Waals surface area contributed by atoms with Crippen LogP contribution in [-0.4, -0.2) is 45.0 Å². The van der Waals surface area contributed by atoms with Crippen molar-refractivity contribution in [2.75, 3.05) is 6.61 Å². The Labute approximate surface area is 142 Å². The molecule has 0 saturated heterocycles. The molecule has 0 aromatic carbocycles. The maximum absolute atomic E-state index is 12.6. The highest BCUT2D eigenvalue weighted by Crippen LogP contribution is 2.51. The van der Waals surface area contributed by atoms with E-state index in [0.717, 1.165) is 5.69 Å². The van der Waals surface area contributed by atoms with Crippen molar-refractivity contribution in [3.05, 3.63) is 17.5 Å². The summed E-state index contributed by atoms with van der Waals surface area (Å²) in [6, 6.07) is 1.71. The molecule has 1 aliphatic carbocycles. The van der Waals surface area contributed by atoms with Gasteiger partial charge >= 0.3 is 5.97 Å². The van der Waals surface area contributed by atoms with Crippen LogP contribution in [0, 0.1) is 5.41 Å². The molecule has 1 fully saturated rings. The van der Waals surface area contributed by atoms with Crippen molar-refractivity contribution in [2.24, 2.45) is 12.5 Å². The fraction of sp³-hybridized carbons (Fsp3) is 0.706. The van der Waals surface area contributed by atoms with E-state index in [1.165, 1.54) is 0 Å². The van der Waals surface area contributed by atoms with Crippen LogP contribution in [-0.2, 0) is 16.6 Å². The van der Waals surface area contributed by atoms with Gasteiger partial charge < -0.3 is 15.2 Å². The van der Waals surface area contributed by atoms with Crippen LogP contribution in [0.2, 0.25) is 0 Å². The minimum atomic E-state index is -1.35. The van der Waals surface area contributed by atoms with E-state index in [2.05, 4.69) is 10.4 Å². The van der Waals surface area contributed by atoms with E-state index >= 15 is 0 Å².